The zero-order chi connectivity index (χ0) is 27.0. The van der Waals surface area contributed by atoms with E-state index >= 15 is 0 Å². The van der Waals surface area contributed by atoms with E-state index in [9.17, 15) is 0 Å². The van der Waals surface area contributed by atoms with E-state index in [4.69, 9.17) is 9.47 Å². The van der Waals surface area contributed by atoms with Crippen molar-refractivity contribution >= 4 is 11.3 Å². The Hall–Kier alpha value is -2.88. The van der Waals surface area contributed by atoms with Crippen molar-refractivity contribution in [1.82, 2.24) is 0 Å². The molecule has 38 heavy (non-hydrogen) atoms. The van der Waals surface area contributed by atoms with Gasteiger partial charge in [-0.2, -0.15) is 0 Å². The first-order valence-corrected chi connectivity index (χ1v) is 14.2. The first-order chi connectivity index (χ1) is 18.2. The Bertz CT molecular complexity index is 1310. The largest absolute Gasteiger partial charge is 0.375 e. The minimum Gasteiger partial charge on any atom is -0.375 e. The molecule has 1 saturated heterocycles. The number of hydrogen-bond donors (Lipinski definition) is 0. The number of ether oxygens (including phenoxy) is 2. The number of aryl methyl sites for hydroxylation is 2. The van der Waals surface area contributed by atoms with Gasteiger partial charge in [0.15, 0.2) is 0 Å². The highest BCUT2D eigenvalue weighted by Gasteiger charge is 2.32. The van der Waals surface area contributed by atoms with E-state index in [-0.39, 0.29) is 24.4 Å². The van der Waals surface area contributed by atoms with Crippen LogP contribution in [0.5, 0.6) is 0 Å². The Kier molecular flexibility index (Phi) is 7.79. The molecule has 5 rings (SSSR count). The molecule has 0 saturated carbocycles. The van der Waals surface area contributed by atoms with E-state index in [1.807, 2.05) is 0 Å². The smallest absolute Gasteiger partial charge is 0.107 e. The van der Waals surface area contributed by atoms with Gasteiger partial charge >= 0.3 is 0 Å². The predicted octanol–water partition coefficient (Wildman–Crippen LogP) is 8.85. The third-order valence-corrected chi connectivity index (χ3v) is 8.03. The average Bonchev–Trinajstić information content (AvgIpc) is 3.04. The van der Waals surface area contributed by atoms with Crippen LogP contribution in [0.25, 0.3) is 16.7 Å². The summed E-state index contributed by atoms with van der Waals surface area (Å²) in [5, 5.41) is 0. The number of fused-ring (bicyclic) bond motifs is 1. The average molecular weight is 510 g/mol. The van der Waals surface area contributed by atoms with Gasteiger partial charge in [-0.1, -0.05) is 74.0 Å². The first-order valence-electron chi connectivity index (χ1n) is 14.2. The predicted molar refractivity (Wildman–Crippen MR) is 160 cm³/mol. The highest BCUT2D eigenvalue weighted by atomic mass is 16.6. The summed E-state index contributed by atoms with van der Waals surface area (Å²) in [4.78, 5) is 2.45. The van der Waals surface area contributed by atoms with Gasteiger partial charge in [0.25, 0.3) is 0 Å². The molecule has 0 N–H and O–H groups in total. The Morgan fingerprint density at radius 1 is 0.921 bits per heavy atom. The van der Waals surface area contributed by atoms with E-state index in [1.54, 1.807) is 0 Å². The highest BCUT2D eigenvalue weighted by Crippen LogP contribution is 2.45. The van der Waals surface area contributed by atoms with Crippen LogP contribution in [0.2, 0.25) is 0 Å². The fourth-order valence-electron chi connectivity index (χ4n) is 6.38. The second kappa shape index (κ2) is 11.1. The molecule has 200 valence electrons. The lowest BCUT2D eigenvalue weighted by molar-refractivity contribution is -0.0170. The summed E-state index contributed by atoms with van der Waals surface area (Å²) in [6.45, 7) is 14.0. The Balaban J connectivity index is 1.62. The summed E-state index contributed by atoms with van der Waals surface area (Å²) < 4.78 is 12.8. The molecular formula is C35H43NO2. The van der Waals surface area contributed by atoms with Crippen molar-refractivity contribution in [1.29, 1.82) is 0 Å². The number of benzene rings is 3. The van der Waals surface area contributed by atoms with Gasteiger partial charge in [-0.25, -0.2) is 0 Å². The standard InChI is InChI=1S/C35H43NO2/c1-22(2)15-29-20-33(36(7)32-14-13-28(19-30(29)32)27-11-9-8-10-12-27)31-17-23(3)16-24(4)35(31)34-21-37-25(5)18-26(6)38-34/h8-14,16-17,19-20,22,25-26,33-34H,15,18,21H2,1-7H3/t25?,26?,33?,34-/m0/s1. The monoisotopic (exact) mass is 509 g/mol. The van der Waals surface area contributed by atoms with Crippen molar-refractivity contribution in [2.24, 2.45) is 5.92 Å². The van der Waals surface area contributed by atoms with Crippen LogP contribution in [-0.4, -0.2) is 25.9 Å². The molecule has 0 radical (unpaired) electrons. The van der Waals surface area contributed by atoms with E-state index < -0.39 is 0 Å². The number of hydrogen-bond acceptors (Lipinski definition) is 3. The molecule has 2 heterocycles. The van der Waals surface area contributed by atoms with Gasteiger partial charge in [0, 0.05) is 18.3 Å². The molecule has 3 nitrogen and oxygen atoms in total. The van der Waals surface area contributed by atoms with Gasteiger partial charge in [0.05, 0.1) is 24.9 Å². The topological polar surface area (TPSA) is 21.7 Å². The van der Waals surface area contributed by atoms with E-state index in [2.05, 4.69) is 120 Å². The van der Waals surface area contributed by atoms with Crippen LogP contribution in [-0.2, 0) is 9.47 Å². The van der Waals surface area contributed by atoms with Gasteiger partial charge in [-0.05, 0) is 92.0 Å². The minimum absolute atomic E-state index is 0.0669. The summed E-state index contributed by atoms with van der Waals surface area (Å²) >= 11 is 0. The van der Waals surface area contributed by atoms with Crippen molar-refractivity contribution < 1.29 is 9.47 Å². The minimum atomic E-state index is -0.0669. The number of likely N-dealkylation sites (N-methyl/N-ethyl adjacent to an activating group) is 1. The molecule has 0 aliphatic carbocycles. The van der Waals surface area contributed by atoms with E-state index in [0.29, 0.717) is 12.5 Å². The number of rotatable bonds is 5. The van der Waals surface area contributed by atoms with Gasteiger partial charge in [0.1, 0.15) is 6.10 Å². The maximum absolute atomic E-state index is 6.62. The van der Waals surface area contributed by atoms with Crippen molar-refractivity contribution in [2.45, 2.75) is 78.7 Å². The Labute approximate surface area is 229 Å². The van der Waals surface area contributed by atoms with Gasteiger partial charge in [-0.15, -0.1) is 0 Å². The van der Waals surface area contributed by atoms with Crippen LogP contribution in [0, 0.1) is 19.8 Å². The van der Waals surface area contributed by atoms with Crippen LogP contribution < -0.4 is 4.90 Å². The second-order valence-corrected chi connectivity index (χ2v) is 11.8. The zero-order valence-electron chi connectivity index (χ0n) is 24.1. The van der Waals surface area contributed by atoms with Crippen LogP contribution in [0.15, 0.2) is 66.7 Å². The summed E-state index contributed by atoms with van der Waals surface area (Å²) in [6.07, 6.45) is 4.80. The normalized spacial score (nSPS) is 23.7. The molecule has 3 aromatic rings. The van der Waals surface area contributed by atoms with Crippen LogP contribution in [0.3, 0.4) is 0 Å². The fourth-order valence-corrected chi connectivity index (χ4v) is 6.38. The maximum Gasteiger partial charge on any atom is 0.107 e. The SMILES string of the molecule is Cc1cc(C)c([C@@H]2COC(C)CC(C)O2)c(C2C=C(CC(C)C)c3cc(-c4ccccc4)ccc3N2C)c1. The van der Waals surface area contributed by atoms with Crippen LogP contribution in [0.4, 0.5) is 5.69 Å². The molecule has 0 amide bonds. The van der Waals surface area contributed by atoms with Gasteiger partial charge < -0.3 is 14.4 Å². The van der Waals surface area contributed by atoms with Crippen molar-refractivity contribution in [3.05, 3.63) is 94.6 Å². The molecule has 2 aliphatic rings. The molecule has 0 aromatic heterocycles. The highest BCUT2D eigenvalue weighted by molar-refractivity contribution is 5.85. The van der Waals surface area contributed by atoms with Gasteiger partial charge in [0.2, 0.25) is 0 Å². The third kappa shape index (κ3) is 5.46. The molecule has 4 atom stereocenters. The van der Waals surface area contributed by atoms with Crippen molar-refractivity contribution in [3.8, 4) is 11.1 Å². The second-order valence-electron chi connectivity index (χ2n) is 11.8. The lowest BCUT2D eigenvalue weighted by atomic mass is 9.83. The molecule has 0 spiro atoms. The van der Waals surface area contributed by atoms with Crippen molar-refractivity contribution in [2.75, 3.05) is 18.6 Å². The lowest BCUT2D eigenvalue weighted by Gasteiger charge is -2.38. The number of anilines is 1. The molecule has 2 aliphatic heterocycles. The Morgan fingerprint density at radius 2 is 1.68 bits per heavy atom. The summed E-state index contributed by atoms with van der Waals surface area (Å²) in [7, 11) is 2.24. The van der Waals surface area contributed by atoms with Gasteiger partial charge in [-0.3, -0.25) is 0 Å². The van der Waals surface area contributed by atoms with Crippen molar-refractivity contribution in [3.63, 3.8) is 0 Å². The molecule has 0 bridgehead atoms. The summed E-state index contributed by atoms with van der Waals surface area (Å²) in [5.74, 6) is 0.568. The van der Waals surface area contributed by atoms with Crippen LogP contribution >= 0.6 is 0 Å². The molecular weight excluding hydrogens is 466 g/mol. The molecule has 3 heteroatoms. The van der Waals surface area contributed by atoms with E-state index in [1.165, 1.54) is 50.2 Å². The maximum atomic E-state index is 6.62. The first kappa shape index (κ1) is 26.7. The number of nitrogens with zero attached hydrogens (tertiary/aromatic N) is 1. The van der Waals surface area contributed by atoms with E-state index in [0.717, 1.165) is 12.8 Å². The molecule has 3 aromatic carbocycles. The molecule has 3 unspecified atom stereocenters. The van der Waals surface area contributed by atoms with Crippen LogP contribution in [0.1, 0.15) is 80.5 Å². The third-order valence-electron chi connectivity index (χ3n) is 8.03. The summed E-state index contributed by atoms with van der Waals surface area (Å²) in [6, 6.07) is 22.5. The Morgan fingerprint density at radius 3 is 2.42 bits per heavy atom. The quantitative estimate of drug-likeness (QED) is 0.343. The number of allylic oxidation sites excluding steroid dienone is 1. The lowest BCUT2D eigenvalue weighted by Crippen LogP contribution is -2.29. The summed E-state index contributed by atoms with van der Waals surface area (Å²) in [5.41, 5.74) is 11.8. The fraction of sp³-hybridized carbons (Fsp3) is 0.429. The zero-order valence-corrected chi connectivity index (χ0v) is 24.1. The molecule has 1 fully saturated rings.